The van der Waals surface area contributed by atoms with Crippen LogP contribution in [-0.2, 0) is 9.59 Å². The average molecular weight is 331 g/mol. The second kappa shape index (κ2) is 5.73. The summed E-state index contributed by atoms with van der Waals surface area (Å²) in [6.45, 7) is 1.80. The molecule has 0 bridgehead atoms. The van der Waals surface area contributed by atoms with E-state index in [2.05, 4.69) is 5.32 Å². The first kappa shape index (κ1) is 15.1. The van der Waals surface area contributed by atoms with Crippen molar-refractivity contribution in [2.24, 2.45) is 0 Å². The number of aryl methyl sites for hydroxylation is 1. The molecule has 0 atom stereocenters. The molecule has 1 saturated heterocycles. The highest BCUT2D eigenvalue weighted by Gasteiger charge is 2.37. The number of nitrogens with zero attached hydrogens (tertiary/aromatic N) is 1. The summed E-state index contributed by atoms with van der Waals surface area (Å²) < 4.78 is 5.10. The molecule has 0 unspecified atom stereocenters. The van der Waals surface area contributed by atoms with E-state index in [4.69, 9.17) is 16.0 Å². The van der Waals surface area contributed by atoms with Gasteiger partial charge < -0.3 is 4.42 Å². The van der Waals surface area contributed by atoms with Crippen LogP contribution in [0.1, 0.15) is 11.3 Å². The largest absolute Gasteiger partial charge is 0.465 e. The third-order valence-electron chi connectivity index (χ3n) is 3.35. The molecule has 1 fully saturated rings. The second-order valence-electron chi connectivity index (χ2n) is 4.91. The number of rotatable bonds is 2. The molecule has 23 heavy (non-hydrogen) atoms. The molecular formula is C16H11ClN2O4. The summed E-state index contributed by atoms with van der Waals surface area (Å²) in [4.78, 5) is 37.4. The summed E-state index contributed by atoms with van der Waals surface area (Å²) in [5.41, 5.74) is 0.889. The average Bonchev–Trinajstić information content (AvgIpc) is 3.00. The van der Waals surface area contributed by atoms with Crippen molar-refractivity contribution in [3.63, 3.8) is 0 Å². The van der Waals surface area contributed by atoms with Crippen LogP contribution in [0.3, 0.4) is 0 Å². The molecule has 7 heteroatoms. The number of anilines is 1. The van der Waals surface area contributed by atoms with Gasteiger partial charge in [0.15, 0.2) is 0 Å². The van der Waals surface area contributed by atoms with Gasteiger partial charge >= 0.3 is 6.03 Å². The number of benzene rings is 1. The van der Waals surface area contributed by atoms with Crippen LogP contribution in [0.2, 0.25) is 5.02 Å². The predicted octanol–water partition coefficient (Wildman–Crippen LogP) is 2.91. The van der Waals surface area contributed by atoms with Gasteiger partial charge in [0.1, 0.15) is 11.3 Å². The normalized spacial score (nSPS) is 16.9. The number of urea groups is 1. The number of hydrogen-bond donors (Lipinski definition) is 1. The molecule has 2 heterocycles. The Hall–Kier alpha value is -2.86. The lowest BCUT2D eigenvalue weighted by Gasteiger charge is -2.26. The Morgan fingerprint density at radius 1 is 1.22 bits per heavy atom. The fourth-order valence-corrected chi connectivity index (χ4v) is 2.30. The van der Waals surface area contributed by atoms with Crippen molar-refractivity contribution in [2.45, 2.75) is 6.92 Å². The SMILES string of the molecule is Cc1ccc(N2C(=O)NC(=O)/C(=C\c3ccco3)C2=O)cc1Cl. The Bertz CT molecular complexity index is 840. The van der Waals surface area contributed by atoms with Crippen LogP contribution < -0.4 is 10.2 Å². The van der Waals surface area contributed by atoms with E-state index in [0.717, 1.165) is 10.5 Å². The van der Waals surface area contributed by atoms with Gasteiger partial charge in [0, 0.05) is 5.02 Å². The molecule has 0 spiro atoms. The third kappa shape index (κ3) is 2.76. The Kier molecular flexibility index (Phi) is 3.75. The number of halogens is 1. The molecule has 0 radical (unpaired) electrons. The molecule has 6 nitrogen and oxygen atoms in total. The van der Waals surface area contributed by atoms with Gasteiger partial charge in [-0.15, -0.1) is 0 Å². The number of amides is 4. The molecule has 0 saturated carbocycles. The van der Waals surface area contributed by atoms with Crippen LogP contribution in [0, 0.1) is 6.92 Å². The Morgan fingerprint density at radius 2 is 2.00 bits per heavy atom. The lowest BCUT2D eigenvalue weighted by Crippen LogP contribution is -2.54. The molecule has 1 aliphatic rings. The van der Waals surface area contributed by atoms with Gasteiger partial charge in [-0.2, -0.15) is 0 Å². The van der Waals surface area contributed by atoms with Crippen molar-refractivity contribution in [3.05, 3.63) is 58.5 Å². The van der Waals surface area contributed by atoms with E-state index in [0.29, 0.717) is 10.8 Å². The van der Waals surface area contributed by atoms with E-state index in [1.54, 1.807) is 31.2 Å². The zero-order chi connectivity index (χ0) is 16.6. The van der Waals surface area contributed by atoms with Crippen molar-refractivity contribution in [2.75, 3.05) is 4.90 Å². The second-order valence-corrected chi connectivity index (χ2v) is 5.31. The van der Waals surface area contributed by atoms with Crippen molar-refractivity contribution in [1.29, 1.82) is 0 Å². The molecule has 4 amide bonds. The van der Waals surface area contributed by atoms with Crippen LogP contribution in [0.4, 0.5) is 10.5 Å². The summed E-state index contributed by atoms with van der Waals surface area (Å²) in [6.07, 6.45) is 2.70. The summed E-state index contributed by atoms with van der Waals surface area (Å²) in [7, 11) is 0. The number of furan rings is 1. The molecule has 1 aromatic carbocycles. The third-order valence-corrected chi connectivity index (χ3v) is 3.75. The van der Waals surface area contributed by atoms with Gasteiger partial charge in [-0.1, -0.05) is 17.7 Å². The topological polar surface area (TPSA) is 79.6 Å². The zero-order valence-corrected chi connectivity index (χ0v) is 12.8. The van der Waals surface area contributed by atoms with Crippen LogP contribution in [-0.4, -0.2) is 17.8 Å². The van der Waals surface area contributed by atoms with Gasteiger partial charge in [0.25, 0.3) is 11.8 Å². The van der Waals surface area contributed by atoms with Crippen LogP contribution in [0.15, 0.2) is 46.6 Å². The zero-order valence-electron chi connectivity index (χ0n) is 12.0. The summed E-state index contributed by atoms with van der Waals surface area (Å²) in [5, 5.41) is 2.54. The maximum absolute atomic E-state index is 12.6. The van der Waals surface area contributed by atoms with Crippen molar-refractivity contribution < 1.29 is 18.8 Å². The fourth-order valence-electron chi connectivity index (χ4n) is 2.13. The van der Waals surface area contributed by atoms with E-state index in [9.17, 15) is 14.4 Å². The monoisotopic (exact) mass is 330 g/mol. The van der Waals surface area contributed by atoms with Crippen molar-refractivity contribution >= 4 is 41.2 Å². The number of hydrogen-bond acceptors (Lipinski definition) is 4. The molecule has 116 valence electrons. The number of barbiturate groups is 1. The minimum Gasteiger partial charge on any atom is -0.465 e. The van der Waals surface area contributed by atoms with Crippen molar-refractivity contribution in [1.82, 2.24) is 5.32 Å². The van der Waals surface area contributed by atoms with Gasteiger partial charge in [-0.25, -0.2) is 9.69 Å². The summed E-state index contributed by atoms with van der Waals surface area (Å²) in [6, 6.07) is 7.16. The molecule has 1 aromatic heterocycles. The molecule has 0 aliphatic carbocycles. The Morgan fingerprint density at radius 3 is 2.65 bits per heavy atom. The molecule has 1 aliphatic heterocycles. The fraction of sp³-hybridized carbons (Fsp3) is 0.0625. The summed E-state index contributed by atoms with van der Waals surface area (Å²) >= 11 is 6.04. The van der Waals surface area contributed by atoms with E-state index in [-0.39, 0.29) is 11.3 Å². The highest BCUT2D eigenvalue weighted by atomic mass is 35.5. The smallest absolute Gasteiger partial charge is 0.335 e. The highest BCUT2D eigenvalue weighted by molar-refractivity contribution is 6.39. The van der Waals surface area contributed by atoms with Gasteiger partial charge in [0.2, 0.25) is 0 Å². The van der Waals surface area contributed by atoms with Gasteiger partial charge in [0.05, 0.1) is 12.0 Å². The van der Waals surface area contributed by atoms with Crippen molar-refractivity contribution in [3.8, 4) is 0 Å². The first-order valence-electron chi connectivity index (χ1n) is 6.68. The lowest BCUT2D eigenvalue weighted by atomic mass is 10.1. The number of nitrogens with one attached hydrogen (secondary N) is 1. The molecular weight excluding hydrogens is 320 g/mol. The predicted molar refractivity (Wildman–Crippen MR) is 83.9 cm³/mol. The van der Waals surface area contributed by atoms with Gasteiger partial charge in [-0.05, 0) is 42.8 Å². The quantitative estimate of drug-likeness (QED) is 0.678. The molecule has 2 aromatic rings. The molecule has 3 rings (SSSR count). The maximum atomic E-state index is 12.6. The first-order chi connectivity index (χ1) is 11.0. The first-order valence-corrected chi connectivity index (χ1v) is 7.06. The summed E-state index contributed by atoms with van der Waals surface area (Å²) in [5.74, 6) is -1.18. The minimum atomic E-state index is -0.823. The van der Waals surface area contributed by atoms with E-state index in [1.807, 2.05) is 0 Å². The van der Waals surface area contributed by atoms with Crippen LogP contribution in [0.25, 0.3) is 6.08 Å². The number of carbonyl (C=O) groups excluding carboxylic acids is 3. The van der Waals surface area contributed by atoms with E-state index < -0.39 is 17.8 Å². The number of imide groups is 2. The minimum absolute atomic E-state index is 0.198. The maximum Gasteiger partial charge on any atom is 0.335 e. The van der Waals surface area contributed by atoms with Crippen LogP contribution in [0.5, 0.6) is 0 Å². The Labute approximate surface area is 136 Å². The Balaban J connectivity index is 2.03. The standard InChI is InChI=1S/C16H11ClN2O4/c1-9-4-5-10(7-13(9)17)19-15(21)12(14(20)18-16(19)22)8-11-3-2-6-23-11/h2-8H,1H3,(H,18,20,22)/b12-8+. The van der Waals surface area contributed by atoms with Crippen LogP contribution >= 0.6 is 11.6 Å². The number of carbonyl (C=O) groups is 3. The highest BCUT2D eigenvalue weighted by Crippen LogP contribution is 2.26. The van der Waals surface area contributed by atoms with E-state index >= 15 is 0 Å². The molecule has 1 N–H and O–H groups in total. The van der Waals surface area contributed by atoms with Gasteiger partial charge in [-0.3, -0.25) is 14.9 Å². The van der Waals surface area contributed by atoms with E-state index in [1.165, 1.54) is 18.4 Å². The lowest BCUT2D eigenvalue weighted by molar-refractivity contribution is -0.122.